The van der Waals surface area contributed by atoms with Crippen molar-refractivity contribution in [1.82, 2.24) is 9.88 Å². The summed E-state index contributed by atoms with van der Waals surface area (Å²) in [6.07, 6.45) is 1.66. The van der Waals surface area contributed by atoms with Crippen molar-refractivity contribution in [2.24, 2.45) is 0 Å². The summed E-state index contributed by atoms with van der Waals surface area (Å²) in [6, 6.07) is 1.73. The molecule has 0 radical (unpaired) electrons. The van der Waals surface area contributed by atoms with Gasteiger partial charge in [0.05, 0.1) is 11.4 Å². The fourth-order valence-corrected chi connectivity index (χ4v) is 2.78. The molecule has 0 atom stereocenters. The monoisotopic (exact) mass is 305 g/mol. The van der Waals surface area contributed by atoms with E-state index in [0.717, 1.165) is 5.56 Å². The number of hydrogen-bond acceptors (Lipinski definition) is 4. The number of sulfonamides is 1. The maximum atomic E-state index is 11.9. The second-order valence-electron chi connectivity index (χ2n) is 4.99. The van der Waals surface area contributed by atoms with Crippen molar-refractivity contribution in [3.63, 3.8) is 0 Å². The zero-order valence-corrected chi connectivity index (χ0v) is 13.2. The number of nitrogens with one attached hydrogen (secondary N) is 1. The van der Waals surface area contributed by atoms with E-state index in [9.17, 15) is 8.42 Å². The third-order valence-corrected chi connectivity index (χ3v) is 4.15. The van der Waals surface area contributed by atoms with E-state index in [0.29, 0.717) is 12.2 Å². The van der Waals surface area contributed by atoms with Crippen LogP contribution in [0.1, 0.15) is 25.3 Å². The number of rotatable bonds is 6. The number of anilines is 1. The maximum Gasteiger partial charge on any atom is 0.234 e. The molecule has 1 aromatic heterocycles. The van der Waals surface area contributed by atoms with Gasteiger partial charge in [-0.2, -0.15) is 0 Å². The summed E-state index contributed by atoms with van der Waals surface area (Å²) in [5.74, 6) is 0.275. The van der Waals surface area contributed by atoms with Crippen LogP contribution in [0.5, 0.6) is 0 Å². The Bertz CT molecular complexity index is 530. The summed E-state index contributed by atoms with van der Waals surface area (Å²) in [6.45, 7) is 4.47. The van der Waals surface area contributed by atoms with Crippen molar-refractivity contribution < 1.29 is 8.42 Å². The molecule has 19 heavy (non-hydrogen) atoms. The van der Waals surface area contributed by atoms with Crippen molar-refractivity contribution in [2.45, 2.75) is 19.8 Å². The molecule has 7 heteroatoms. The van der Waals surface area contributed by atoms with Gasteiger partial charge in [-0.3, -0.25) is 4.72 Å². The molecule has 0 bridgehead atoms. The van der Waals surface area contributed by atoms with Gasteiger partial charge in [-0.1, -0.05) is 25.4 Å². The Kier molecular flexibility index (Phi) is 5.58. The average Bonchev–Trinajstić information content (AvgIpc) is 2.29. The zero-order chi connectivity index (χ0) is 14.6. The highest BCUT2D eigenvalue weighted by molar-refractivity contribution is 7.92. The lowest BCUT2D eigenvalue weighted by Gasteiger charge is -2.13. The minimum Gasteiger partial charge on any atom is -0.308 e. The summed E-state index contributed by atoms with van der Waals surface area (Å²) in [4.78, 5) is 5.82. The molecule has 0 unspecified atom stereocenters. The molecule has 0 aliphatic carbocycles. The first-order chi connectivity index (χ1) is 8.71. The smallest absolute Gasteiger partial charge is 0.234 e. The van der Waals surface area contributed by atoms with Crippen molar-refractivity contribution in [3.05, 3.63) is 23.0 Å². The van der Waals surface area contributed by atoms with Crippen molar-refractivity contribution >= 4 is 27.3 Å². The van der Waals surface area contributed by atoms with Crippen LogP contribution in [0, 0.1) is 0 Å². The lowest BCUT2D eigenvalue weighted by atomic mass is 10.1. The van der Waals surface area contributed by atoms with E-state index in [1.54, 1.807) is 12.3 Å². The maximum absolute atomic E-state index is 11.9. The summed E-state index contributed by atoms with van der Waals surface area (Å²) in [5.41, 5.74) is 1.28. The van der Waals surface area contributed by atoms with E-state index in [4.69, 9.17) is 11.6 Å². The normalized spacial score (nSPS) is 12.2. The summed E-state index contributed by atoms with van der Waals surface area (Å²) in [5, 5.41) is 0.165. The van der Waals surface area contributed by atoms with Gasteiger partial charge in [0.15, 0.2) is 5.15 Å². The van der Waals surface area contributed by atoms with Crippen LogP contribution in [0.2, 0.25) is 5.15 Å². The zero-order valence-electron chi connectivity index (χ0n) is 11.6. The topological polar surface area (TPSA) is 62.3 Å². The van der Waals surface area contributed by atoms with Crippen LogP contribution in [0.4, 0.5) is 5.69 Å². The molecule has 0 aliphatic rings. The SMILES string of the molecule is CC(C)c1cnc(Cl)c(NS(=O)(=O)CCN(C)C)c1. The van der Waals surface area contributed by atoms with Crippen LogP contribution in [-0.2, 0) is 10.0 Å². The predicted molar refractivity (Wildman–Crippen MR) is 79.3 cm³/mol. The van der Waals surface area contributed by atoms with E-state index in [-0.39, 0.29) is 16.8 Å². The molecule has 0 saturated carbocycles. The number of pyridine rings is 1. The predicted octanol–water partition coefficient (Wildman–Crippen LogP) is 2.16. The Morgan fingerprint density at radius 1 is 1.42 bits per heavy atom. The molecule has 0 aliphatic heterocycles. The molecule has 1 N–H and O–H groups in total. The van der Waals surface area contributed by atoms with E-state index in [1.807, 2.05) is 32.8 Å². The molecule has 1 rings (SSSR count). The molecule has 1 aromatic rings. The van der Waals surface area contributed by atoms with Gasteiger partial charge in [0, 0.05) is 12.7 Å². The second-order valence-corrected chi connectivity index (χ2v) is 7.19. The van der Waals surface area contributed by atoms with Gasteiger partial charge in [0.1, 0.15) is 0 Å². The number of hydrogen-bond donors (Lipinski definition) is 1. The lowest BCUT2D eigenvalue weighted by Crippen LogP contribution is -2.26. The quantitative estimate of drug-likeness (QED) is 0.818. The highest BCUT2D eigenvalue weighted by atomic mass is 35.5. The Balaban J connectivity index is 2.89. The number of halogens is 1. The summed E-state index contributed by atoms with van der Waals surface area (Å²) in [7, 11) is 0.235. The third kappa shape index (κ3) is 5.34. The largest absolute Gasteiger partial charge is 0.308 e. The molecule has 0 spiro atoms. The molecule has 0 saturated heterocycles. The first-order valence-electron chi connectivity index (χ1n) is 6.02. The van der Waals surface area contributed by atoms with Crippen LogP contribution < -0.4 is 4.72 Å². The van der Waals surface area contributed by atoms with Crippen molar-refractivity contribution in [3.8, 4) is 0 Å². The van der Waals surface area contributed by atoms with Crippen LogP contribution in [0.3, 0.4) is 0 Å². The summed E-state index contributed by atoms with van der Waals surface area (Å²) >= 11 is 5.92. The van der Waals surface area contributed by atoms with Gasteiger partial charge in [-0.15, -0.1) is 0 Å². The van der Waals surface area contributed by atoms with Gasteiger partial charge >= 0.3 is 0 Å². The van der Waals surface area contributed by atoms with Gasteiger partial charge < -0.3 is 4.90 Å². The first-order valence-corrected chi connectivity index (χ1v) is 8.05. The lowest BCUT2D eigenvalue weighted by molar-refractivity contribution is 0.432. The highest BCUT2D eigenvalue weighted by Gasteiger charge is 2.14. The van der Waals surface area contributed by atoms with Crippen LogP contribution in [0.25, 0.3) is 0 Å². The van der Waals surface area contributed by atoms with E-state index in [2.05, 4.69) is 9.71 Å². The molecule has 0 amide bonds. The van der Waals surface area contributed by atoms with Crippen LogP contribution in [0.15, 0.2) is 12.3 Å². The minimum absolute atomic E-state index is 0.0161. The summed E-state index contributed by atoms with van der Waals surface area (Å²) < 4.78 is 26.3. The molecule has 108 valence electrons. The van der Waals surface area contributed by atoms with Gasteiger partial charge in [-0.05, 0) is 31.6 Å². The van der Waals surface area contributed by atoms with Gasteiger partial charge in [0.25, 0.3) is 0 Å². The number of nitrogens with zero attached hydrogens (tertiary/aromatic N) is 2. The van der Waals surface area contributed by atoms with E-state index >= 15 is 0 Å². The van der Waals surface area contributed by atoms with Crippen LogP contribution in [-0.4, -0.2) is 44.7 Å². The van der Waals surface area contributed by atoms with E-state index < -0.39 is 10.0 Å². The average molecular weight is 306 g/mol. The third-order valence-electron chi connectivity index (χ3n) is 2.60. The number of aromatic nitrogens is 1. The Morgan fingerprint density at radius 2 is 2.05 bits per heavy atom. The Morgan fingerprint density at radius 3 is 2.58 bits per heavy atom. The second kappa shape index (κ2) is 6.54. The molecular weight excluding hydrogens is 286 g/mol. The molecule has 0 fully saturated rings. The molecule has 5 nitrogen and oxygen atoms in total. The van der Waals surface area contributed by atoms with Crippen LogP contribution >= 0.6 is 11.6 Å². The fourth-order valence-electron chi connectivity index (χ4n) is 1.37. The molecule has 0 aromatic carbocycles. The first kappa shape index (κ1) is 16.2. The van der Waals surface area contributed by atoms with Crippen molar-refractivity contribution in [1.29, 1.82) is 0 Å². The van der Waals surface area contributed by atoms with Crippen molar-refractivity contribution in [2.75, 3.05) is 31.1 Å². The van der Waals surface area contributed by atoms with Gasteiger partial charge in [0.2, 0.25) is 10.0 Å². The minimum atomic E-state index is -3.41. The van der Waals surface area contributed by atoms with E-state index in [1.165, 1.54) is 0 Å². The van der Waals surface area contributed by atoms with Gasteiger partial charge in [-0.25, -0.2) is 13.4 Å². The molecular formula is C12H20ClN3O2S. The molecule has 1 heterocycles. The Hall–Kier alpha value is -0.850. The Labute approximate surface area is 120 Å². The highest BCUT2D eigenvalue weighted by Crippen LogP contribution is 2.25. The fraction of sp³-hybridized carbons (Fsp3) is 0.583. The standard InChI is InChI=1S/C12H20ClN3O2S/c1-9(2)10-7-11(12(13)14-8-10)15-19(17,18)6-5-16(3)4/h7-9,15H,5-6H2,1-4H3.